The lowest BCUT2D eigenvalue weighted by Gasteiger charge is -2.08. The maximum Gasteiger partial charge on any atom is 0.271 e. The van der Waals surface area contributed by atoms with E-state index in [4.69, 9.17) is 4.74 Å². The van der Waals surface area contributed by atoms with Gasteiger partial charge in [-0.1, -0.05) is 18.2 Å². The highest BCUT2D eigenvalue weighted by atomic mass is 16.5. The molecule has 0 aliphatic rings. The summed E-state index contributed by atoms with van der Waals surface area (Å²) >= 11 is 0. The van der Waals surface area contributed by atoms with Gasteiger partial charge in [-0.2, -0.15) is 5.10 Å². The fourth-order valence-electron chi connectivity index (χ4n) is 2.65. The van der Waals surface area contributed by atoms with Crippen LogP contribution in [0.15, 0.2) is 77.9 Å². The van der Waals surface area contributed by atoms with Gasteiger partial charge < -0.3 is 10.1 Å². The highest BCUT2D eigenvalue weighted by Crippen LogP contribution is 2.14. The third-order valence-corrected chi connectivity index (χ3v) is 4.29. The number of methoxy groups -OCH3 is 1. The largest absolute Gasteiger partial charge is 0.497 e. The number of anilines is 1. The Labute approximate surface area is 169 Å². The molecule has 146 valence electrons. The fraction of sp³-hybridized carbons (Fsp3) is 0.0870. The zero-order valence-corrected chi connectivity index (χ0v) is 16.2. The van der Waals surface area contributed by atoms with Crippen LogP contribution >= 0.6 is 0 Å². The minimum atomic E-state index is -0.341. The van der Waals surface area contributed by atoms with Crippen LogP contribution < -0.4 is 15.5 Å². The summed E-state index contributed by atoms with van der Waals surface area (Å²) in [5, 5.41) is 6.79. The number of hydrogen-bond acceptors (Lipinski definition) is 4. The SMILES string of the molecule is COc1ccc(/C=N/NC(=O)c2ccc(NC(=O)c3ccccc3C)cc2)cc1. The van der Waals surface area contributed by atoms with Crippen LogP contribution in [0.3, 0.4) is 0 Å². The number of benzene rings is 3. The molecule has 0 radical (unpaired) electrons. The van der Waals surface area contributed by atoms with Crippen molar-refractivity contribution in [3.63, 3.8) is 0 Å². The topological polar surface area (TPSA) is 79.8 Å². The van der Waals surface area contributed by atoms with Crippen molar-refractivity contribution in [3.8, 4) is 5.75 Å². The van der Waals surface area contributed by atoms with Gasteiger partial charge in [0, 0.05) is 16.8 Å². The van der Waals surface area contributed by atoms with Crippen LogP contribution in [0.25, 0.3) is 0 Å². The smallest absolute Gasteiger partial charge is 0.271 e. The number of hydrazone groups is 1. The van der Waals surface area contributed by atoms with E-state index in [9.17, 15) is 9.59 Å². The molecule has 0 bridgehead atoms. The number of nitrogens with zero attached hydrogens (tertiary/aromatic N) is 1. The molecule has 0 saturated heterocycles. The van der Waals surface area contributed by atoms with Gasteiger partial charge in [-0.05, 0) is 72.6 Å². The molecule has 0 aliphatic carbocycles. The molecule has 6 nitrogen and oxygen atoms in total. The van der Waals surface area contributed by atoms with Gasteiger partial charge in [-0.25, -0.2) is 5.43 Å². The standard InChI is InChI=1S/C23H21N3O3/c1-16-5-3-4-6-21(16)23(28)25-19-11-9-18(10-12-19)22(27)26-24-15-17-7-13-20(29-2)14-8-17/h3-15H,1-2H3,(H,25,28)(H,26,27)/b24-15+. The van der Waals surface area contributed by atoms with Crippen LogP contribution in [-0.2, 0) is 0 Å². The lowest BCUT2D eigenvalue weighted by atomic mass is 10.1. The van der Waals surface area contributed by atoms with E-state index in [2.05, 4.69) is 15.8 Å². The molecule has 0 unspecified atom stereocenters. The number of carbonyl (C=O) groups excluding carboxylic acids is 2. The van der Waals surface area contributed by atoms with Crippen LogP contribution in [0, 0.1) is 6.92 Å². The van der Waals surface area contributed by atoms with Crippen molar-refractivity contribution in [2.75, 3.05) is 12.4 Å². The van der Waals surface area contributed by atoms with E-state index in [1.54, 1.807) is 43.7 Å². The Morgan fingerprint density at radius 3 is 2.24 bits per heavy atom. The molecule has 3 aromatic carbocycles. The van der Waals surface area contributed by atoms with Gasteiger partial charge in [0.05, 0.1) is 13.3 Å². The lowest BCUT2D eigenvalue weighted by molar-refractivity contribution is 0.0954. The molecule has 0 aromatic heterocycles. The molecule has 2 N–H and O–H groups in total. The number of ether oxygens (including phenoxy) is 1. The predicted octanol–water partition coefficient (Wildman–Crippen LogP) is 4.02. The lowest BCUT2D eigenvalue weighted by Crippen LogP contribution is -2.18. The first-order valence-corrected chi connectivity index (χ1v) is 9.01. The molecular weight excluding hydrogens is 366 g/mol. The Bertz CT molecular complexity index is 1030. The number of carbonyl (C=O) groups is 2. The van der Waals surface area contributed by atoms with Crippen LogP contribution in [-0.4, -0.2) is 25.1 Å². The van der Waals surface area contributed by atoms with Crippen molar-refractivity contribution < 1.29 is 14.3 Å². The van der Waals surface area contributed by atoms with Gasteiger partial charge in [-0.15, -0.1) is 0 Å². The summed E-state index contributed by atoms with van der Waals surface area (Å²) in [4.78, 5) is 24.6. The molecule has 0 aliphatic heterocycles. The van der Waals surface area contributed by atoms with Crippen LogP contribution in [0.5, 0.6) is 5.75 Å². The highest BCUT2D eigenvalue weighted by Gasteiger charge is 2.09. The van der Waals surface area contributed by atoms with E-state index in [0.717, 1.165) is 16.9 Å². The molecule has 2 amide bonds. The Morgan fingerprint density at radius 2 is 1.59 bits per heavy atom. The van der Waals surface area contributed by atoms with Gasteiger partial charge in [-0.3, -0.25) is 9.59 Å². The van der Waals surface area contributed by atoms with Crippen molar-refractivity contribution >= 4 is 23.7 Å². The minimum absolute atomic E-state index is 0.190. The van der Waals surface area contributed by atoms with E-state index in [0.29, 0.717) is 16.8 Å². The molecule has 29 heavy (non-hydrogen) atoms. The van der Waals surface area contributed by atoms with E-state index in [-0.39, 0.29) is 11.8 Å². The van der Waals surface area contributed by atoms with E-state index >= 15 is 0 Å². The first kappa shape index (κ1) is 19.8. The fourth-order valence-corrected chi connectivity index (χ4v) is 2.65. The van der Waals surface area contributed by atoms with Crippen molar-refractivity contribution in [3.05, 3.63) is 95.1 Å². The second kappa shape index (κ2) is 9.32. The third-order valence-electron chi connectivity index (χ3n) is 4.29. The second-order valence-electron chi connectivity index (χ2n) is 6.32. The van der Waals surface area contributed by atoms with Crippen molar-refractivity contribution in [1.82, 2.24) is 5.43 Å². The molecule has 3 rings (SSSR count). The molecule has 0 heterocycles. The van der Waals surface area contributed by atoms with Gasteiger partial charge >= 0.3 is 0 Å². The molecule has 0 atom stereocenters. The quantitative estimate of drug-likeness (QED) is 0.495. The van der Waals surface area contributed by atoms with Crippen LogP contribution in [0.2, 0.25) is 0 Å². The number of amides is 2. The maximum atomic E-state index is 12.4. The zero-order valence-electron chi connectivity index (χ0n) is 16.2. The van der Waals surface area contributed by atoms with Crippen molar-refractivity contribution in [2.45, 2.75) is 6.92 Å². The molecule has 6 heteroatoms. The Hall–Kier alpha value is -3.93. The summed E-state index contributed by atoms with van der Waals surface area (Å²) in [5.41, 5.74) is 5.87. The molecule has 0 saturated carbocycles. The Balaban J connectivity index is 1.57. The highest BCUT2D eigenvalue weighted by molar-refractivity contribution is 6.05. The summed E-state index contributed by atoms with van der Waals surface area (Å²) < 4.78 is 5.09. The van der Waals surface area contributed by atoms with E-state index in [1.165, 1.54) is 0 Å². The summed E-state index contributed by atoms with van der Waals surface area (Å²) in [6, 6.07) is 21.3. The van der Waals surface area contributed by atoms with Gasteiger partial charge in [0.1, 0.15) is 5.75 Å². The summed E-state index contributed by atoms with van der Waals surface area (Å²) in [6.07, 6.45) is 1.55. The van der Waals surface area contributed by atoms with E-state index < -0.39 is 0 Å². The van der Waals surface area contributed by atoms with Crippen molar-refractivity contribution in [2.24, 2.45) is 5.10 Å². The third kappa shape index (κ3) is 5.29. The number of aryl methyl sites for hydroxylation is 1. The maximum absolute atomic E-state index is 12.4. The monoisotopic (exact) mass is 387 g/mol. The Morgan fingerprint density at radius 1 is 0.897 bits per heavy atom. The molecular formula is C23H21N3O3. The van der Waals surface area contributed by atoms with Crippen LogP contribution in [0.1, 0.15) is 31.8 Å². The summed E-state index contributed by atoms with van der Waals surface area (Å²) in [6.45, 7) is 1.88. The zero-order chi connectivity index (χ0) is 20.6. The van der Waals surface area contributed by atoms with Gasteiger partial charge in [0.2, 0.25) is 0 Å². The Kier molecular flexibility index (Phi) is 6.37. The molecule has 0 fully saturated rings. The summed E-state index contributed by atoms with van der Waals surface area (Å²) in [5.74, 6) is 0.219. The van der Waals surface area contributed by atoms with E-state index in [1.807, 2.05) is 49.4 Å². The van der Waals surface area contributed by atoms with Gasteiger partial charge in [0.15, 0.2) is 0 Å². The minimum Gasteiger partial charge on any atom is -0.497 e. The first-order valence-electron chi connectivity index (χ1n) is 9.01. The first-order chi connectivity index (χ1) is 14.1. The average Bonchev–Trinajstić information content (AvgIpc) is 2.75. The van der Waals surface area contributed by atoms with Gasteiger partial charge in [0.25, 0.3) is 11.8 Å². The number of rotatable bonds is 6. The normalized spacial score (nSPS) is 10.6. The average molecular weight is 387 g/mol. The predicted molar refractivity (Wildman–Crippen MR) is 114 cm³/mol. The number of nitrogens with one attached hydrogen (secondary N) is 2. The number of hydrogen-bond donors (Lipinski definition) is 2. The van der Waals surface area contributed by atoms with Crippen LogP contribution in [0.4, 0.5) is 5.69 Å². The summed E-state index contributed by atoms with van der Waals surface area (Å²) in [7, 11) is 1.60. The molecule has 3 aromatic rings. The second-order valence-corrected chi connectivity index (χ2v) is 6.32. The molecule has 0 spiro atoms. The van der Waals surface area contributed by atoms with Crippen molar-refractivity contribution in [1.29, 1.82) is 0 Å².